The zero-order valence-electron chi connectivity index (χ0n) is 26.9. The predicted octanol–water partition coefficient (Wildman–Crippen LogP) is 3.66. The van der Waals surface area contributed by atoms with Crippen molar-refractivity contribution >= 4 is 60.1 Å². The van der Waals surface area contributed by atoms with Crippen LogP contribution in [0.15, 0.2) is 58.3 Å². The number of methoxy groups -OCH3 is 2. The zero-order valence-corrected chi connectivity index (χ0v) is 27.8. The number of hydrogen-bond donors (Lipinski definition) is 3. The van der Waals surface area contributed by atoms with E-state index < -0.39 is 0 Å². The van der Waals surface area contributed by atoms with Gasteiger partial charge in [0.25, 0.3) is 11.8 Å². The van der Waals surface area contributed by atoms with Gasteiger partial charge in [-0.2, -0.15) is 0 Å². The number of aromatic nitrogens is 2. The minimum absolute atomic E-state index is 0. The molecule has 0 saturated carbocycles. The number of rotatable bonds is 11. The van der Waals surface area contributed by atoms with E-state index in [9.17, 15) is 19.2 Å². The fraction of sp³-hybridized carbons (Fsp3) is 0.286. The minimum atomic E-state index is -0.337. The fourth-order valence-electron chi connectivity index (χ4n) is 5.54. The number of aromatic amines is 2. The van der Waals surface area contributed by atoms with Crippen molar-refractivity contribution in [1.82, 2.24) is 15.3 Å². The standard InChI is InChI=1S/C35H38N4O6.ClH/c1-9-22-21(6)34(42)39-29(22)16-27-20(5)25(12-14-33(41)45-8)31(37-27)17-30-24(11-13-32(40)44-7)19(4)26(36-30)15-28-18(3)23(10-2)35(43)38-28;/h9-10,15-17,36-37H,1-2,11-14H2,3-8H3,(H,39,42);1H/b26-15?,29-16-,30-17-;. The second-order valence-corrected chi connectivity index (χ2v) is 10.9. The summed E-state index contributed by atoms with van der Waals surface area (Å²) in [7, 11) is 2.71. The molecule has 0 aromatic carbocycles. The van der Waals surface area contributed by atoms with E-state index >= 15 is 0 Å². The van der Waals surface area contributed by atoms with E-state index in [-0.39, 0.29) is 49.0 Å². The molecule has 11 heteroatoms. The van der Waals surface area contributed by atoms with Crippen LogP contribution in [-0.2, 0) is 41.5 Å². The Morgan fingerprint density at radius 2 is 1.37 bits per heavy atom. The van der Waals surface area contributed by atoms with Gasteiger partial charge in [0.15, 0.2) is 0 Å². The molecule has 2 aliphatic heterocycles. The Morgan fingerprint density at radius 1 is 0.761 bits per heavy atom. The molecular weight excluding hydrogens is 608 g/mol. The second kappa shape index (κ2) is 14.9. The Labute approximate surface area is 273 Å². The van der Waals surface area contributed by atoms with Gasteiger partial charge in [0.2, 0.25) is 0 Å². The van der Waals surface area contributed by atoms with Gasteiger partial charge in [-0.1, -0.05) is 25.3 Å². The number of amides is 2. The molecule has 0 saturated heterocycles. The van der Waals surface area contributed by atoms with Gasteiger partial charge in [-0.15, -0.1) is 12.4 Å². The Balaban J connectivity index is 0.00000576. The van der Waals surface area contributed by atoms with Crippen LogP contribution in [0.5, 0.6) is 0 Å². The van der Waals surface area contributed by atoms with Crippen LogP contribution in [0, 0.1) is 13.8 Å². The van der Waals surface area contributed by atoms with Gasteiger partial charge in [-0.05, 0) is 86.6 Å². The third-order valence-electron chi connectivity index (χ3n) is 8.31. The highest BCUT2D eigenvalue weighted by atomic mass is 35.5. The normalized spacial score (nSPS) is 16.2. The third-order valence-corrected chi connectivity index (χ3v) is 8.31. The molecule has 0 unspecified atom stereocenters. The number of esters is 2. The molecule has 4 rings (SSSR count). The molecule has 2 amide bonds. The highest BCUT2D eigenvalue weighted by Gasteiger charge is 2.23. The number of aliphatic imine (C=N–C) groups is 1. The Hall–Kier alpha value is -4.96. The number of H-pyrrole nitrogens is 2. The van der Waals surface area contributed by atoms with E-state index in [1.807, 2.05) is 39.0 Å². The Bertz CT molecular complexity index is 1900. The molecule has 0 fully saturated rings. The lowest BCUT2D eigenvalue weighted by molar-refractivity contribution is -0.141. The Morgan fingerprint density at radius 3 is 1.93 bits per heavy atom. The topological polar surface area (TPSA) is 143 Å². The lowest BCUT2D eigenvalue weighted by Gasteiger charge is -2.04. The van der Waals surface area contributed by atoms with Gasteiger partial charge in [-0.3, -0.25) is 19.2 Å². The van der Waals surface area contributed by atoms with Crippen molar-refractivity contribution in [2.24, 2.45) is 4.99 Å². The Kier molecular flexibility index (Phi) is 11.5. The van der Waals surface area contributed by atoms with Crippen LogP contribution in [-0.4, -0.2) is 53.7 Å². The summed E-state index contributed by atoms with van der Waals surface area (Å²) in [6.45, 7) is 15.1. The molecule has 3 N–H and O–H groups in total. The van der Waals surface area contributed by atoms with Gasteiger partial charge < -0.3 is 24.8 Å². The largest absolute Gasteiger partial charge is 0.469 e. The first-order valence-electron chi connectivity index (χ1n) is 14.5. The molecular formula is C35H39ClN4O6. The van der Waals surface area contributed by atoms with Crippen LogP contribution >= 0.6 is 12.4 Å². The number of hydrogen-bond acceptors (Lipinski definition) is 6. The van der Waals surface area contributed by atoms with Gasteiger partial charge in [0.05, 0.1) is 25.6 Å². The van der Waals surface area contributed by atoms with E-state index in [0.717, 1.165) is 55.5 Å². The van der Waals surface area contributed by atoms with Crippen molar-refractivity contribution in [3.05, 3.63) is 97.6 Å². The number of halogens is 1. The summed E-state index contributed by atoms with van der Waals surface area (Å²) >= 11 is 0. The molecule has 2 aliphatic rings. The number of carbonyl (C=O) groups excluding carboxylic acids is 4. The smallest absolute Gasteiger partial charge is 0.305 e. The summed E-state index contributed by atoms with van der Waals surface area (Å²) in [6.07, 6.45) is 9.92. The first-order valence-corrected chi connectivity index (χ1v) is 14.5. The second-order valence-electron chi connectivity index (χ2n) is 10.9. The van der Waals surface area contributed by atoms with Gasteiger partial charge in [-0.25, -0.2) is 4.99 Å². The monoisotopic (exact) mass is 646 g/mol. The number of carbonyl (C=O) groups is 4. The molecule has 242 valence electrons. The first kappa shape index (κ1) is 35.5. The van der Waals surface area contributed by atoms with Crippen LogP contribution in [0.2, 0.25) is 0 Å². The number of nitrogens with one attached hydrogen (secondary N) is 3. The molecule has 0 atom stereocenters. The molecule has 0 spiro atoms. The van der Waals surface area contributed by atoms with E-state index in [2.05, 4.69) is 33.4 Å². The third kappa shape index (κ3) is 7.13. The minimum Gasteiger partial charge on any atom is -0.469 e. The summed E-state index contributed by atoms with van der Waals surface area (Å²) in [5.74, 6) is -1.19. The van der Waals surface area contributed by atoms with E-state index in [4.69, 9.17) is 9.47 Å². The zero-order chi connectivity index (χ0) is 33.0. The van der Waals surface area contributed by atoms with Crippen molar-refractivity contribution in [3.8, 4) is 0 Å². The molecule has 0 bridgehead atoms. The maximum atomic E-state index is 12.4. The van der Waals surface area contributed by atoms with E-state index in [1.54, 1.807) is 13.0 Å². The maximum absolute atomic E-state index is 12.4. The van der Waals surface area contributed by atoms with Crippen molar-refractivity contribution in [2.75, 3.05) is 14.2 Å². The van der Waals surface area contributed by atoms with Gasteiger partial charge in [0.1, 0.15) is 0 Å². The molecule has 46 heavy (non-hydrogen) atoms. The van der Waals surface area contributed by atoms with Crippen molar-refractivity contribution < 1.29 is 28.7 Å². The summed E-state index contributed by atoms with van der Waals surface area (Å²) in [4.78, 5) is 60.1. The lowest BCUT2D eigenvalue weighted by Crippen LogP contribution is -2.15. The van der Waals surface area contributed by atoms with Crippen molar-refractivity contribution in [1.29, 1.82) is 0 Å². The van der Waals surface area contributed by atoms with Crippen molar-refractivity contribution in [3.63, 3.8) is 0 Å². The average molecular weight is 647 g/mol. The van der Waals surface area contributed by atoms with Crippen LogP contribution in [0.25, 0.3) is 18.2 Å². The highest BCUT2D eigenvalue weighted by molar-refractivity contribution is 6.31. The molecule has 4 heterocycles. The fourth-order valence-corrected chi connectivity index (χ4v) is 5.54. The predicted molar refractivity (Wildman–Crippen MR) is 181 cm³/mol. The molecule has 2 aromatic rings. The quantitative estimate of drug-likeness (QED) is 0.318. The van der Waals surface area contributed by atoms with Gasteiger partial charge >= 0.3 is 11.9 Å². The van der Waals surface area contributed by atoms with Crippen LogP contribution in [0.1, 0.15) is 60.3 Å². The van der Waals surface area contributed by atoms with E-state index in [0.29, 0.717) is 35.4 Å². The van der Waals surface area contributed by atoms with Crippen molar-refractivity contribution in [2.45, 2.75) is 53.4 Å². The first-order chi connectivity index (χ1) is 21.4. The highest BCUT2D eigenvalue weighted by Crippen LogP contribution is 2.27. The average Bonchev–Trinajstić information content (AvgIpc) is 3.66. The molecule has 2 aromatic heterocycles. The number of allylic oxidation sites excluding steroid dienone is 2. The van der Waals surface area contributed by atoms with E-state index in [1.165, 1.54) is 20.3 Å². The molecule has 10 nitrogen and oxygen atoms in total. The maximum Gasteiger partial charge on any atom is 0.305 e. The summed E-state index contributed by atoms with van der Waals surface area (Å²) < 4.78 is 9.80. The van der Waals surface area contributed by atoms with Crippen LogP contribution in [0.3, 0.4) is 0 Å². The van der Waals surface area contributed by atoms with Gasteiger partial charge in [0, 0.05) is 51.6 Å². The summed E-state index contributed by atoms with van der Waals surface area (Å²) in [6, 6.07) is 0. The summed E-state index contributed by atoms with van der Waals surface area (Å²) in [5.41, 5.74) is 8.76. The number of nitrogens with zero attached hydrogens (tertiary/aromatic N) is 1. The molecule has 0 aliphatic carbocycles. The van der Waals surface area contributed by atoms with Crippen LogP contribution < -0.4 is 16.0 Å². The summed E-state index contributed by atoms with van der Waals surface area (Å²) in [5, 5.41) is 4.38. The number of ether oxygens (including phenoxy) is 2. The SMILES string of the molecule is C=CC1=C(C)C(C=c2[nH]/c(=C\c3[nH]c(/C=C4\NC(=O)C(C)=C4C=C)c(C)c3CCC(=O)OC)c(CCC(=O)OC)c2C)=NC1=O.Cl. The van der Waals surface area contributed by atoms with Crippen LogP contribution in [0.4, 0.5) is 0 Å². The molecule has 0 radical (unpaired) electrons. The lowest BCUT2D eigenvalue weighted by atomic mass is 10.0.